The third-order valence-electron chi connectivity index (χ3n) is 6.05. The van der Waals surface area contributed by atoms with Crippen LogP contribution < -0.4 is 16.3 Å². The second-order valence-electron chi connectivity index (χ2n) is 7.73. The summed E-state index contributed by atoms with van der Waals surface area (Å²) in [7, 11) is 0. The molecule has 126 valence electrons. The molecule has 2 aliphatic carbocycles. The van der Waals surface area contributed by atoms with Crippen molar-refractivity contribution in [3.05, 3.63) is 0 Å². The molecule has 0 aromatic heterocycles. The SMILES string of the molecule is CC(CCC1CCCCC1)=NNC1NNCC2CCCCC21. The van der Waals surface area contributed by atoms with Crippen LogP contribution in [0.1, 0.15) is 77.6 Å². The van der Waals surface area contributed by atoms with E-state index < -0.39 is 0 Å². The van der Waals surface area contributed by atoms with Crippen molar-refractivity contribution in [1.82, 2.24) is 16.3 Å². The van der Waals surface area contributed by atoms with Crippen LogP contribution >= 0.6 is 0 Å². The molecule has 22 heavy (non-hydrogen) atoms. The van der Waals surface area contributed by atoms with Gasteiger partial charge in [0.2, 0.25) is 0 Å². The highest BCUT2D eigenvalue weighted by molar-refractivity contribution is 5.81. The van der Waals surface area contributed by atoms with Crippen LogP contribution in [0.2, 0.25) is 0 Å². The number of rotatable bonds is 5. The summed E-state index contributed by atoms with van der Waals surface area (Å²) in [6, 6.07) is 0. The number of hydrazone groups is 1. The quantitative estimate of drug-likeness (QED) is 0.538. The molecule has 3 atom stereocenters. The maximum absolute atomic E-state index is 4.69. The van der Waals surface area contributed by atoms with Crippen molar-refractivity contribution in [2.24, 2.45) is 22.9 Å². The van der Waals surface area contributed by atoms with Crippen LogP contribution in [-0.2, 0) is 0 Å². The minimum atomic E-state index is 0.309. The van der Waals surface area contributed by atoms with E-state index in [0.29, 0.717) is 6.17 Å². The second-order valence-corrected chi connectivity index (χ2v) is 7.73. The summed E-state index contributed by atoms with van der Waals surface area (Å²) in [5.74, 6) is 2.52. The van der Waals surface area contributed by atoms with E-state index in [1.165, 1.54) is 69.9 Å². The molecule has 0 radical (unpaired) electrons. The lowest BCUT2D eigenvalue weighted by Gasteiger charge is -2.41. The Morgan fingerprint density at radius 3 is 2.68 bits per heavy atom. The Labute approximate surface area is 135 Å². The van der Waals surface area contributed by atoms with Crippen LogP contribution in [0.3, 0.4) is 0 Å². The molecule has 4 heteroatoms. The van der Waals surface area contributed by atoms with Gasteiger partial charge in [0.25, 0.3) is 0 Å². The third-order valence-corrected chi connectivity index (χ3v) is 6.05. The van der Waals surface area contributed by atoms with Crippen molar-refractivity contribution in [2.75, 3.05) is 6.54 Å². The van der Waals surface area contributed by atoms with E-state index in [9.17, 15) is 0 Å². The van der Waals surface area contributed by atoms with Crippen LogP contribution in [0.5, 0.6) is 0 Å². The lowest BCUT2D eigenvalue weighted by atomic mass is 9.77. The average Bonchev–Trinajstić information content (AvgIpc) is 2.59. The number of hydrogen-bond acceptors (Lipinski definition) is 4. The summed E-state index contributed by atoms with van der Waals surface area (Å²) in [6.45, 7) is 3.30. The van der Waals surface area contributed by atoms with Crippen molar-refractivity contribution in [3.8, 4) is 0 Å². The van der Waals surface area contributed by atoms with Crippen LogP contribution in [0.4, 0.5) is 0 Å². The zero-order valence-electron chi connectivity index (χ0n) is 14.2. The highest BCUT2D eigenvalue weighted by Crippen LogP contribution is 2.32. The van der Waals surface area contributed by atoms with Crippen molar-refractivity contribution in [1.29, 1.82) is 0 Å². The van der Waals surface area contributed by atoms with Gasteiger partial charge in [-0.1, -0.05) is 44.9 Å². The first kappa shape index (κ1) is 16.3. The van der Waals surface area contributed by atoms with Gasteiger partial charge in [-0.3, -0.25) is 10.9 Å². The molecule has 0 bridgehead atoms. The molecule has 0 spiro atoms. The molecular weight excluding hydrogens is 272 g/mol. The summed E-state index contributed by atoms with van der Waals surface area (Å²) in [6.07, 6.45) is 15.5. The lowest BCUT2D eigenvalue weighted by Crippen LogP contribution is -2.61. The Balaban J connectivity index is 1.43. The fraction of sp³-hybridized carbons (Fsp3) is 0.944. The first-order valence-corrected chi connectivity index (χ1v) is 9.60. The average molecular weight is 306 g/mol. The Morgan fingerprint density at radius 2 is 1.82 bits per heavy atom. The van der Waals surface area contributed by atoms with E-state index in [4.69, 9.17) is 0 Å². The third kappa shape index (κ3) is 4.45. The monoisotopic (exact) mass is 306 g/mol. The van der Waals surface area contributed by atoms with Gasteiger partial charge in [0.05, 0.1) is 0 Å². The smallest absolute Gasteiger partial charge is 0.109 e. The maximum Gasteiger partial charge on any atom is 0.109 e. The molecule has 3 N–H and O–H groups in total. The molecule has 0 aromatic carbocycles. The molecule has 0 amide bonds. The number of fused-ring (bicyclic) bond motifs is 1. The van der Waals surface area contributed by atoms with Gasteiger partial charge in [-0.15, -0.1) is 0 Å². The van der Waals surface area contributed by atoms with Gasteiger partial charge in [-0.05, 0) is 50.4 Å². The largest absolute Gasteiger partial charge is 0.291 e. The molecule has 3 rings (SSSR count). The molecule has 2 saturated carbocycles. The normalized spacial score (nSPS) is 34.2. The van der Waals surface area contributed by atoms with Gasteiger partial charge >= 0.3 is 0 Å². The summed E-state index contributed by atoms with van der Waals surface area (Å²) in [5, 5.41) is 4.69. The minimum absolute atomic E-state index is 0.309. The van der Waals surface area contributed by atoms with E-state index in [2.05, 4.69) is 28.3 Å². The summed E-state index contributed by atoms with van der Waals surface area (Å²) >= 11 is 0. The molecule has 3 unspecified atom stereocenters. The van der Waals surface area contributed by atoms with E-state index in [0.717, 1.165) is 30.7 Å². The summed E-state index contributed by atoms with van der Waals surface area (Å²) in [4.78, 5) is 0. The molecular formula is C18H34N4. The molecule has 3 fully saturated rings. The van der Waals surface area contributed by atoms with E-state index in [1.807, 2.05) is 0 Å². The summed E-state index contributed by atoms with van der Waals surface area (Å²) in [5.41, 5.74) is 11.5. The molecule has 1 aliphatic heterocycles. The zero-order chi connectivity index (χ0) is 15.2. The molecule has 1 heterocycles. The Morgan fingerprint density at radius 1 is 1.05 bits per heavy atom. The Bertz CT molecular complexity index is 360. The molecule has 4 nitrogen and oxygen atoms in total. The van der Waals surface area contributed by atoms with Crippen LogP contribution in [0, 0.1) is 17.8 Å². The summed E-state index contributed by atoms with van der Waals surface area (Å²) < 4.78 is 0. The maximum atomic E-state index is 4.69. The van der Waals surface area contributed by atoms with Gasteiger partial charge in [-0.25, -0.2) is 5.43 Å². The topological polar surface area (TPSA) is 48.5 Å². The van der Waals surface area contributed by atoms with Crippen LogP contribution in [-0.4, -0.2) is 18.4 Å². The fourth-order valence-electron chi connectivity index (χ4n) is 4.59. The lowest BCUT2D eigenvalue weighted by molar-refractivity contribution is 0.0995. The van der Waals surface area contributed by atoms with Gasteiger partial charge < -0.3 is 0 Å². The highest BCUT2D eigenvalue weighted by Gasteiger charge is 2.34. The van der Waals surface area contributed by atoms with E-state index >= 15 is 0 Å². The second kappa shape index (κ2) is 8.30. The van der Waals surface area contributed by atoms with Gasteiger partial charge in [0, 0.05) is 12.3 Å². The minimum Gasteiger partial charge on any atom is -0.291 e. The molecule has 0 aromatic rings. The van der Waals surface area contributed by atoms with Gasteiger partial charge in [0.15, 0.2) is 0 Å². The van der Waals surface area contributed by atoms with Crippen molar-refractivity contribution < 1.29 is 0 Å². The van der Waals surface area contributed by atoms with Crippen LogP contribution in [0.15, 0.2) is 5.10 Å². The number of nitrogens with zero attached hydrogens (tertiary/aromatic N) is 1. The Kier molecular flexibility index (Phi) is 6.13. The first-order valence-electron chi connectivity index (χ1n) is 9.60. The predicted octanol–water partition coefficient (Wildman–Crippen LogP) is 3.55. The molecule has 3 aliphatic rings. The van der Waals surface area contributed by atoms with Gasteiger partial charge in [0.1, 0.15) is 6.17 Å². The van der Waals surface area contributed by atoms with Gasteiger partial charge in [-0.2, -0.15) is 5.10 Å². The van der Waals surface area contributed by atoms with Crippen molar-refractivity contribution >= 4 is 5.71 Å². The standard InChI is InChI=1S/C18H34N4/c1-14(11-12-15-7-3-2-4-8-15)20-22-18-17-10-6-5-9-16(17)13-19-21-18/h15-19,21-22H,2-13H2,1H3. The fourth-order valence-corrected chi connectivity index (χ4v) is 4.59. The Hall–Kier alpha value is -0.610. The van der Waals surface area contributed by atoms with Crippen molar-refractivity contribution in [3.63, 3.8) is 0 Å². The highest BCUT2D eigenvalue weighted by atomic mass is 15.5. The number of hydrogen-bond donors (Lipinski definition) is 3. The predicted molar refractivity (Wildman–Crippen MR) is 92.4 cm³/mol. The van der Waals surface area contributed by atoms with E-state index in [-0.39, 0.29) is 0 Å². The first-order chi connectivity index (χ1) is 10.8. The number of nitrogens with one attached hydrogen (secondary N) is 3. The van der Waals surface area contributed by atoms with Crippen molar-refractivity contribution in [2.45, 2.75) is 83.7 Å². The molecule has 1 saturated heterocycles. The zero-order valence-corrected chi connectivity index (χ0v) is 14.2. The van der Waals surface area contributed by atoms with E-state index in [1.54, 1.807) is 0 Å². The van der Waals surface area contributed by atoms with Crippen LogP contribution in [0.25, 0.3) is 0 Å². The number of hydrazine groups is 1.